The zero-order chi connectivity index (χ0) is 28.6. The van der Waals surface area contributed by atoms with Crippen LogP contribution in [0.2, 0.25) is 0 Å². The molecule has 0 bridgehead atoms. The lowest BCUT2D eigenvalue weighted by Gasteiger charge is -2.23. The Kier molecular flexibility index (Phi) is 7.32. The summed E-state index contributed by atoms with van der Waals surface area (Å²) in [5.74, 6) is -2.78. The molecule has 0 aliphatic carbocycles. The van der Waals surface area contributed by atoms with E-state index in [9.17, 15) is 19.5 Å². The van der Waals surface area contributed by atoms with Gasteiger partial charge in [-0.05, 0) is 49.7 Å². The third-order valence-electron chi connectivity index (χ3n) is 6.57. The van der Waals surface area contributed by atoms with Gasteiger partial charge in [0.2, 0.25) is 0 Å². The van der Waals surface area contributed by atoms with Crippen molar-refractivity contribution >= 4 is 39.7 Å². The molecule has 1 atom stereocenters. The first-order valence-corrected chi connectivity index (χ1v) is 13.3. The lowest BCUT2D eigenvalue weighted by Crippen LogP contribution is -2.29. The average Bonchev–Trinajstić information content (AvgIpc) is 3.44. The highest BCUT2D eigenvalue weighted by molar-refractivity contribution is 7.18. The minimum Gasteiger partial charge on any atom is -0.507 e. The second kappa shape index (κ2) is 10.9. The molecule has 1 N–H and O–H groups in total. The first-order chi connectivity index (χ1) is 19.2. The number of aliphatic hydroxyl groups excluding tert-OH is 1. The quantitative estimate of drug-likeness (QED) is 0.124. The van der Waals surface area contributed by atoms with Crippen molar-refractivity contribution in [1.29, 1.82) is 0 Å². The van der Waals surface area contributed by atoms with E-state index in [2.05, 4.69) is 4.98 Å². The number of hydrogen-bond donors (Lipinski definition) is 1. The molecule has 1 unspecified atom stereocenters. The highest BCUT2D eigenvalue weighted by atomic mass is 32.1. The van der Waals surface area contributed by atoms with Crippen LogP contribution in [-0.2, 0) is 16.2 Å². The van der Waals surface area contributed by atoms with Gasteiger partial charge >= 0.3 is 5.91 Å². The second-order valence-corrected chi connectivity index (χ2v) is 10.4. The number of anilines is 1. The van der Waals surface area contributed by atoms with Gasteiger partial charge in [-0.15, -0.1) is 0 Å². The van der Waals surface area contributed by atoms with Gasteiger partial charge in [-0.3, -0.25) is 19.3 Å². The Bertz CT molecular complexity index is 1680. The summed E-state index contributed by atoms with van der Waals surface area (Å²) in [5.41, 5.74) is 2.50. The van der Waals surface area contributed by atoms with Crippen molar-refractivity contribution in [3.63, 3.8) is 0 Å². The van der Waals surface area contributed by atoms with Gasteiger partial charge in [-0.2, -0.15) is 0 Å². The van der Waals surface area contributed by atoms with Gasteiger partial charge in [0.25, 0.3) is 5.78 Å². The van der Waals surface area contributed by atoms with E-state index in [1.165, 1.54) is 25.1 Å². The van der Waals surface area contributed by atoms with Crippen molar-refractivity contribution in [3.8, 4) is 5.75 Å². The number of nitrogens with zero attached hydrogens (tertiary/aromatic N) is 2. The standard InChI is InChI=1S/C31H25FN2O5S/c1-17-7-6-8-20(15-17)16-39-22-13-11-21(12-14-22)27(36)25-26(23-9-4-5-10-24(23)32)34(30(38)28(25)37)31-33-18(2)29(40-31)19(3)35/h4-15,26,36H,16H2,1-3H3/b27-25+. The van der Waals surface area contributed by atoms with Crippen molar-refractivity contribution in [3.05, 3.63) is 117 Å². The van der Waals surface area contributed by atoms with E-state index in [1.807, 2.05) is 31.2 Å². The van der Waals surface area contributed by atoms with Crippen LogP contribution >= 0.6 is 11.3 Å². The van der Waals surface area contributed by atoms with Crippen molar-refractivity contribution in [1.82, 2.24) is 4.98 Å². The van der Waals surface area contributed by atoms with Gasteiger partial charge in [0, 0.05) is 18.1 Å². The van der Waals surface area contributed by atoms with Crippen molar-refractivity contribution < 1.29 is 28.6 Å². The molecular formula is C31H25FN2O5S. The van der Waals surface area contributed by atoms with Crippen molar-refractivity contribution in [2.24, 2.45) is 0 Å². The van der Waals surface area contributed by atoms with Crippen LogP contribution in [0.4, 0.5) is 9.52 Å². The molecule has 3 aromatic carbocycles. The number of amides is 1. The highest BCUT2D eigenvalue weighted by Crippen LogP contribution is 2.44. The van der Waals surface area contributed by atoms with E-state index < -0.39 is 29.3 Å². The predicted octanol–water partition coefficient (Wildman–Crippen LogP) is 6.31. The molecule has 7 nitrogen and oxygen atoms in total. The fraction of sp³-hybridized carbons (Fsp3) is 0.161. The number of hydrogen-bond acceptors (Lipinski definition) is 7. The lowest BCUT2D eigenvalue weighted by molar-refractivity contribution is -0.132. The van der Waals surface area contributed by atoms with E-state index in [0.29, 0.717) is 22.9 Å². The summed E-state index contributed by atoms with van der Waals surface area (Å²) in [6.07, 6.45) is 0. The van der Waals surface area contributed by atoms with Gasteiger partial charge in [-0.1, -0.05) is 59.4 Å². The number of benzene rings is 3. The monoisotopic (exact) mass is 556 g/mol. The Labute approximate surface area is 234 Å². The molecule has 2 heterocycles. The number of rotatable bonds is 7. The largest absolute Gasteiger partial charge is 0.507 e. The summed E-state index contributed by atoms with van der Waals surface area (Å²) >= 11 is 0.940. The zero-order valence-electron chi connectivity index (χ0n) is 22.0. The van der Waals surface area contributed by atoms with Gasteiger partial charge in [0.05, 0.1) is 16.1 Å². The number of ether oxygens (including phenoxy) is 1. The van der Waals surface area contributed by atoms with E-state index in [-0.39, 0.29) is 27.6 Å². The highest BCUT2D eigenvalue weighted by Gasteiger charge is 2.49. The molecule has 1 aliphatic rings. The van der Waals surface area contributed by atoms with Gasteiger partial charge < -0.3 is 9.84 Å². The molecule has 1 aliphatic heterocycles. The topological polar surface area (TPSA) is 96.8 Å². The summed E-state index contributed by atoms with van der Waals surface area (Å²) in [6.45, 7) is 5.34. The maximum atomic E-state index is 15.1. The minimum atomic E-state index is -1.29. The molecule has 1 aromatic heterocycles. The van der Waals surface area contributed by atoms with Gasteiger partial charge in [-0.25, -0.2) is 9.37 Å². The summed E-state index contributed by atoms with van der Waals surface area (Å²) in [6, 6.07) is 18.8. The van der Waals surface area contributed by atoms with Gasteiger partial charge in [0.15, 0.2) is 10.9 Å². The number of Topliss-reactive ketones (excluding diaryl/α,β-unsaturated/α-hetero) is 2. The molecule has 1 saturated heterocycles. The number of aromatic nitrogens is 1. The van der Waals surface area contributed by atoms with Crippen LogP contribution in [-0.4, -0.2) is 27.6 Å². The van der Waals surface area contributed by atoms with E-state index >= 15 is 4.39 Å². The van der Waals surface area contributed by atoms with Crippen LogP contribution in [0.1, 0.15) is 50.6 Å². The zero-order valence-corrected chi connectivity index (χ0v) is 22.8. The number of ketones is 2. The summed E-state index contributed by atoms with van der Waals surface area (Å²) in [5, 5.41) is 11.4. The number of aryl methyl sites for hydroxylation is 2. The van der Waals surface area contributed by atoms with Crippen molar-refractivity contribution in [2.75, 3.05) is 4.90 Å². The van der Waals surface area contributed by atoms with Crippen LogP contribution in [0, 0.1) is 19.7 Å². The molecule has 9 heteroatoms. The van der Waals surface area contributed by atoms with Crippen LogP contribution < -0.4 is 9.64 Å². The first kappa shape index (κ1) is 27.0. The average molecular weight is 557 g/mol. The molecule has 202 valence electrons. The lowest BCUT2D eigenvalue weighted by atomic mass is 9.95. The Hall–Kier alpha value is -4.63. The number of carbonyl (C=O) groups excluding carboxylic acids is 3. The molecule has 1 amide bonds. The summed E-state index contributed by atoms with van der Waals surface area (Å²) in [4.78, 5) is 44.4. The second-order valence-electron chi connectivity index (χ2n) is 9.46. The number of thiazole rings is 1. The molecular weight excluding hydrogens is 531 g/mol. The molecule has 4 aromatic rings. The number of carbonyl (C=O) groups is 3. The van der Waals surface area contributed by atoms with Crippen LogP contribution in [0.25, 0.3) is 5.76 Å². The molecule has 0 radical (unpaired) electrons. The molecule has 0 spiro atoms. The molecule has 1 fully saturated rings. The Balaban J connectivity index is 1.54. The molecule has 40 heavy (non-hydrogen) atoms. The smallest absolute Gasteiger partial charge is 0.301 e. The first-order valence-electron chi connectivity index (χ1n) is 12.5. The fourth-order valence-corrected chi connectivity index (χ4v) is 5.65. The molecule has 0 saturated carbocycles. The normalized spacial score (nSPS) is 16.4. The van der Waals surface area contributed by atoms with E-state index in [4.69, 9.17) is 4.74 Å². The number of aliphatic hydroxyl groups is 1. The predicted molar refractivity (Wildman–Crippen MR) is 150 cm³/mol. The summed E-state index contributed by atoms with van der Waals surface area (Å²) in [7, 11) is 0. The Morgan fingerprint density at radius 1 is 1.05 bits per heavy atom. The van der Waals surface area contributed by atoms with Crippen LogP contribution in [0.3, 0.4) is 0 Å². The van der Waals surface area contributed by atoms with Crippen LogP contribution in [0.15, 0.2) is 78.4 Å². The van der Waals surface area contributed by atoms with E-state index in [0.717, 1.165) is 27.4 Å². The fourth-order valence-electron chi connectivity index (χ4n) is 4.67. The summed E-state index contributed by atoms with van der Waals surface area (Å²) < 4.78 is 20.9. The Morgan fingerprint density at radius 2 is 1.77 bits per heavy atom. The third kappa shape index (κ3) is 5.03. The van der Waals surface area contributed by atoms with Gasteiger partial charge in [0.1, 0.15) is 30.0 Å². The molecule has 5 rings (SSSR count). The Morgan fingerprint density at radius 3 is 2.42 bits per heavy atom. The third-order valence-corrected chi connectivity index (χ3v) is 7.83. The van der Waals surface area contributed by atoms with Crippen molar-refractivity contribution in [2.45, 2.75) is 33.4 Å². The minimum absolute atomic E-state index is 0.0126. The van der Waals surface area contributed by atoms with Crippen LogP contribution in [0.5, 0.6) is 5.75 Å². The SMILES string of the molecule is CC(=O)c1sc(N2C(=O)C(=O)/C(=C(/O)c3ccc(OCc4cccc(C)c4)cc3)C2c2ccccc2F)nc1C. The maximum absolute atomic E-state index is 15.1. The number of halogens is 1. The maximum Gasteiger partial charge on any atom is 0.301 e. The van der Waals surface area contributed by atoms with E-state index in [1.54, 1.807) is 37.3 Å².